The zero-order chi connectivity index (χ0) is 26.5. The third-order valence-electron chi connectivity index (χ3n) is 5.36. The fourth-order valence-electron chi connectivity index (χ4n) is 3.67. The number of carbonyl (C=O) groups is 4. The number of aromatic nitrogens is 1. The average molecular weight is 522 g/mol. The van der Waals surface area contributed by atoms with Crippen molar-refractivity contribution < 1.29 is 52.4 Å². The third kappa shape index (κ3) is 5.50. The number of amides is 4. The Kier molecular flexibility index (Phi) is 7.90. The van der Waals surface area contributed by atoms with Gasteiger partial charge < -0.3 is 33.2 Å². The Bertz CT molecular complexity index is 1150. The number of urea groups is 1. The molecule has 0 radical (unpaired) electrons. The first kappa shape index (κ1) is 25.9. The number of pyridine rings is 1. The van der Waals surface area contributed by atoms with Gasteiger partial charge in [-0.2, -0.15) is 4.91 Å². The van der Waals surface area contributed by atoms with Crippen LogP contribution in [0.15, 0.2) is 34.1 Å². The number of nitroso groups, excluding NO2 is 1. The van der Waals surface area contributed by atoms with Gasteiger partial charge >= 0.3 is 18.3 Å². The number of furan rings is 1. The number of hydrogen-bond donors (Lipinski definition) is 1. The Balaban J connectivity index is 1.58. The van der Waals surface area contributed by atoms with Crippen molar-refractivity contribution in [3.63, 3.8) is 0 Å². The fourth-order valence-corrected chi connectivity index (χ4v) is 3.67. The summed E-state index contributed by atoms with van der Waals surface area (Å²) in [5, 5.41) is 12.4. The number of ether oxygens (including phenoxy) is 5. The molecular formula is C21H22N4O12. The van der Waals surface area contributed by atoms with Crippen LogP contribution in [0.1, 0.15) is 18.7 Å². The van der Waals surface area contributed by atoms with E-state index in [1.807, 2.05) is 0 Å². The van der Waals surface area contributed by atoms with Crippen molar-refractivity contribution in [1.82, 2.24) is 14.8 Å². The topological polar surface area (TPSA) is 197 Å². The standard InChI is InChI=1S/C21H22N4O12/c1-11(34-21(30)36-14-8-32-10-33-9-14)24-18(27)17(16-4-12-5-22-3-2-15(12)37-16)25(19(24)28)20(29)35-13(7-26)6-23-31/h2-5,11,13-14,17,26H,6-10H2,1H3. The SMILES string of the molecule is CC(OC(=O)OC1COCOC1)N1C(=O)C(c2cc3cnccc3o2)N(C(=O)OC(CO)CN=O)C1=O. The predicted molar refractivity (Wildman–Crippen MR) is 116 cm³/mol. The van der Waals surface area contributed by atoms with Crippen LogP contribution in [0.25, 0.3) is 11.0 Å². The molecule has 1 N–H and O–H groups in total. The molecule has 16 heteroatoms. The zero-order valence-electron chi connectivity index (χ0n) is 19.4. The highest BCUT2D eigenvalue weighted by Gasteiger charge is 2.54. The van der Waals surface area contributed by atoms with Crippen LogP contribution >= 0.6 is 0 Å². The summed E-state index contributed by atoms with van der Waals surface area (Å²) in [6.45, 7) is 0.0329. The second kappa shape index (κ2) is 11.3. The van der Waals surface area contributed by atoms with Gasteiger partial charge in [-0.1, -0.05) is 5.18 Å². The van der Waals surface area contributed by atoms with E-state index < -0.39 is 61.8 Å². The van der Waals surface area contributed by atoms with E-state index in [2.05, 4.69) is 10.2 Å². The molecule has 3 unspecified atom stereocenters. The molecule has 4 heterocycles. The Hall–Kier alpha value is -4.15. The van der Waals surface area contributed by atoms with Crippen LogP contribution in [0.2, 0.25) is 0 Å². The van der Waals surface area contributed by atoms with E-state index in [0.29, 0.717) is 20.8 Å². The minimum absolute atomic E-state index is 0.0489. The summed E-state index contributed by atoms with van der Waals surface area (Å²) in [6, 6.07) is 0.0527. The Morgan fingerprint density at radius 1 is 1.27 bits per heavy atom. The number of carbonyl (C=O) groups excluding carboxylic acids is 4. The van der Waals surface area contributed by atoms with Gasteiger partial charge in [-0.05, 0) is 19.1 Å². The number of rotatable bonds is 8. The van der Waals surface area contributed by atoms with Crippen molar-refractivity contribution in [3.05, 3.63) is 35.2 Å². The Labute approximate surface area is 207 Å². The second-order valence-electron chi connectivity index (χ2n) is 7.89. The smallest absolute Gasteiger partial charge is 0.458 e. The first-order valence-corrected chi connectivity index (χ1v) is 11.0. The maximum atomic E-state index is 13.4. The Morgan fingerprint density at radius 3 is 2.70 bits per heavy atom. The third-order valence-corrected chi connectivity index (χ3v) is 5.36. The molecule has 2 saturated heterocycles. The lowest BCUT2D eigenvalue weighted by Gasteiger charge is -2.25. The Morgan fingerprint density at radius 2 is 2.03 bits per heavy atom. The molecule has 4 rings (SSSR count). The van der Waals surface area contributed by atoms with Crippen LogP contribution in [0.4, 0.5) is 14.4 Å². The summed E-state index contributed by atoms with van der Waals surface area (Å²) in [7, 11) is 0. The first-order chi connectivity index (χ1) is 17.8. The largest absolute Gasteiger partial charge is 0.510 e. The van der Waals surface area contributed by atoms with Gasteiger partial charge in [0.2, 0.25) is 0 Å². The van der Waals surface area contributed by atoms with E-state index >= 15 is 0 Å². The molecule has 37 heavy (non-hydrogen) atoms. The molecule has 2 aliphatic rings. The molecule has 2 aliphatic heterocycles. The summed E-state index contributed by atoms with van der Waals surface area (Å²) in [6.07, 6.45) is -3.33. The zero-order valence-corrected chi connectivity index (χ0v) is 19.4. The van der Waals surface area contributed by atoms with E-state index in [4.69, 9.17) is 28.1 Å². The van der Waals surface area contributed by atoms with Gasteiger partial charge in [0.1, 0.15) is 30.8 Å². The molecule has 16 nitrogen and oxygen atoms in total. The van der Waals surface area contributed by atoms with Crippen molar-refractivity contribution in [1.29, 1.82) is 0 Å². The number of fused-ring (bicyclic) bond motifs is 1. The quantitative estimate of drug-likeness (QED) is 0.296. The molecule has 0 spiro atoms. The predicted octanol–water partition coefficient (Wildman–Crippen LogP) is 1.27. The van der Waals surface area contributed by atoms with Crippen LogP contribution in [0.3, 0.4) is 0 Å². The van der Waals surface area contributed by atoms with E-state index in [1.165, 1.54) is 31.5 Å². The molecule has 0 aliphatic carbocycles. The maximum absolute atomic E-state index is 13.4. The molecule has 2 fully saturated rings. The van der Waals surface area contributed by atoms with Crippen LogP contribution in [-0.4, -0.2) is 95.7 Å². The van der Waals surface area contributed by atoms with Gasteiger partial charge in [-0.25, -0.2) is 24.2 Å². The van der Waals surface area contributed by atoms with Crippen LogP contribution in [-0.2, 0) is 28.5 Å². The highest BCUT2D eigenvalue weighted by molar-refractivity contribution is 6.11. The summed E-state index contributed by atoms with van der Waals surface area (Å²) in [5.41, 5.74) is 0.320. The van der Waals surface area contributed by atoms with Crippen LogP contribution in [0, 0.1) is 4.91 Å². The molecule has 2 aromatic heterocycles. The lowest BCUT2D eigenvalue weighted by atomic mass is 10.2. The summed E-state index contributed by atoms with van der Waals surface area (Å²) < 4.78 is 30.9. The summed E-state index contributed by atoms with van der Waals surface area (Å²) in [5.74, 6) is -1.09. The summed E-state index contributed by atoms with van der Waals surface area (Å²) >= 11 is 0. The van der Waals surface area contributed by atoms with Crippen molar-refractivity contribution in [2.45, 2.75) is 31.4 Å². The van der Waals surface area contributed by atoms with E-state index in [9.17, 15) is 29.2 Å². The van der Waals surface area contributed by atoms with Crippen molar-refractivity contribution in [2.75, 3.05) is 33.2 Å². The molecule has 198 valence electrons. The fraction of sp³-hybridized carbons (Fsp3) is 0.476. The summed E-state index contributed by atoms with van der Waals surface area (Å²) in [4.78, 5) is 67.3. The van der Waals surface area contributed by atoms with E-state index in [-0.39, 0.29) is 25.8 Å². The molecule has 4 amide bonds. The number of aliphatic hydroxyl groups is 1. The van der Waals surface area contributed by atoms with Gasteiger partial charge in [-0.15, -0.1) is 0 Å². The van der Waals surface area contributed by atoms with Crippen molar-refractivity contribution in [2.24, 2.45) is 5.18 Å². The van der Waals surface area contributed by atoms with Crippen LogP contribution < -0.4 is 0 Å². The number of aliphatic hydroxyl groups excluding tert-OH is 1. The highest BCUT2D eigenvalue weighted by Crippen LogP contribution is 2.36. The molecule has 2 aromatic rings. The lowest BCUT2D eigenvalue weighted by molar-refractivity contribution is -0.162. The number of nitrogens with zero attached hydrogens (tertiary/aromatic N) is 4. The molecule has 0 saturated carbocycles. The number of hydrogen-bond acceptors (Lipinski definition) is 14. The lowest BCUT2D eigenvalue weighted by Crippen LogP contribution is -2.44. The molecule has 0 aromatic carbocycles. The normalized spacial score (nSPS) is 20.1. The van der Waals surface area contributed by atoms with E-state index in [1.54, 1.807) is 0 Å². The van der Waals surface area contributed by atoms with Crippen molar-refractivity contribution in [3.8, 4) is 0 Å². The van der Waals surface area contributed by atoms with E-state index in [0.717, 1.165) is 0 Å². The van der Waals surface area contributed by atoms with Crippen molar-refractivity contribution >= 4 is 35.2 Å². The molecular weight excluding hydrogens is 500 g/mol. The molecule has 3 atom stereocenters. The monoisotopic (exact) mass is 522 g/mol. The maximum Gasteiger partial charge on any atom is 0.510 e. The van der Waals surface area contributed by atoms with Gasteiger partial charge in [0.25, 0.3) is 5.91 Å². The minimum atomic E-state index is -1.65. The van der Waals surface area contributed by atoms with Gasteiger partial charge in [0.05, 0.1) is 19.8 Å². The second-order valence-corrected chi connectivity index (χ2v) is 7.89. The van der Waals surface area contributed by atoms with Gasteiger partial charge in [-0.3, -0.25) is 9.78 Å². The van der Waals surface area contributed by atoms with Crippen LogP contribution in [0.5, 0.6) is 0 Å². The van der Waals surface area contributed by atoms with Gasteiger partial charge in [0, 0.05) is 17.8 Å². The highest BCUT2D eigenvalue weighted by atomic mass is 16.8. The minimum Gasteiger partial charge on any atom is -0.458 e. The first-order valence-electron chi connectivity index (χ1n) is 11.0. The van der Waals surface area contributed by atoms with Gasteiger partial charge in [0.15, 0.2) is 18.4 Å². The number of imide groups is 2. The molecule has 0 bridgehead atoms. The average Bonchev–Trinajstić information content (AvgIpc) is 3.41.